The molecule has 4 fully saturated rings. The summed E-state index contributed by atoms with van der Waals surface area (Å²) in [5, 5.41) is 0. The highest BCUT2D eigenvalue weighted by Gasteiger charge is 2.58. The summed E-state index contributed by atoms with van der Waals surface area (Å²) in [7, 11) is 0. The van der Waals surface area contributed by atoms with E-state index in [2.05, 4.69) is 19.8 Å². The molecule has 2 aromatic heterocycles. The molecule has 2 aliphatic heterocycles. The summed E-state index contributed by atoms with van der Waals surface area (Å²) < 4.78 is 80.3. The van der Waals surface area contributed by atoms with Crippen LogP contribution in [0.25, 0.3) is 0 Å². The van der Waals surface area contributed by atoms with Crippen LogP contribution in [-0.2, 0) is 9.53 Å². The van der Waals surface area contributed by atoms with Gasteiger partial charge in [0.2, 0.25) is 0 Å². The highest BCUT2D eigenvalue weighted by atomic mass is 19.3. The van der Waals surface area contributed by atoms with Crippen molar-refractivity contribution in [2.24, 2.45) is 17.6 Å². The van der Waals surface area contributed by atoms with Gasteiger partial charge < -0.3 is 39.2 Å². The lowest BCUT2D eigenvalue weighted by Crippen LogP contribution is -2.25. The van der Waals surface area contributed by atoms with Crippen LogP contribution in [0.1, 0.15) is 89.8 Å². The van der Waals surface area contributed by atoms with E-state index in [9.17, 15) is 22.4 Å². The van der Waals surface area contributed by atoms with Crippen molar-refractivity contribution in [3.63, 3.8) is 0 Å². The molecule has 4 aliphatic rings. The minimum Gasteiger partial charge on any atom is -0.491 e. The monoisotopic (exact) mass is 877 g/mol. The first-order valence-electron chi connectivity index (χ1n) is 21.8. The van der Waals surface area contributed by atoms with Crippen LogP contribution >= 0.6 is 0 Å². The van der Waals surface area contributed by atoms with Crippen LogP contribution in [0.3, 0.4) is 0 Å². The Morgan fingerprint density at radius 3 is 1.48 bits per heavy atom. The molecule has 0 spiro atoms. The number of ether oxygens (including phenoxy) is 5. The number of rotatable bonds is 16. The molecule has 2 N–H and O–H groups in total. The van der Waals surface area contributed by atoms with E-state index in [4.69, 9.17) is 29.4 Å². The van der Waals surface area contributed by atoms with E-state index in [1.54, 1.807) is 24.5 Å². The first-order chi connectivity index (χ1) is 29.9. The lowest BCUT2D eigenvalue weighted by atomic mass is 9.98. The van der Waals surface area contributed by atoms with Gasteiger partial charge in [-0.25, -0.2) is 27.5 Å². The van der Waals surface area contributed by atoms with Crippen molar-refractivity contribution in [3.05, 3.63) is 96.3 Å². The van der Waals surface area contributed by atoms with Crippen LogP contribution < -0.4 is 34.5 Å². The SMILES string of the molecule is C[C@H](CC(=O)OC(C)(C)C)c1ccc(O[C@@H]2CCN(c3ccc(OCC4CC4(F)F)cn3)C2)cc1.C[C@H](N)c1ccc(O[C@@H]2CCN(c3ccc(OCC4CC4(F)F)cn3)C2)cc1. The molecule has 0 radical (unpaired) electrons. The van der Waals surface area contributed by atoms with Gasteiger partial charge >= 0.3 is 5.97 Å². The molecule has 63 heavy (non-hydrogen) atoms. The molecule has 2 saturated carbocycles. The van der Waals surface area contributed by atoms with Gasteiger partial charge in [-0.2, -0.15) is 0 Å². The summed E-state index contributed by atoms with van der Waals surface area (Å²) in [4.78, 5) is 25.2. The van der Waals surface area contributed by atoms with Gasteiger partial charge in [0.05, 0.1) is 57.0 Å². The summed E-state index contributed by atoms with van der Waals surface area (Å²) in [6.45, 7) is 12.7. The van der Waals surface area contributed by atoms with Gasteiger partial charge in [-0.1, -0.05) is 31.2 Å². The van der Waals surface area contributed by atoms with Gasteiger partial charge in [0.25, 0.3) is 11.8 Å². The summed E-state index contributed by atoms with van der Waals surface area (Å²) in [5.41, 5.74) is 7.54. The molecule has 8 rings (SSSR count). The lowest BCUT2D eigenvalue weighted by molar-refractivity contribution is -0.155. The van der Waals surface area contributed by atoms with Gasteiger partial charge in [0.15, 0.2) is 0 Å². The molecule has 2 aromatic carbocycles. The molecule has 11 nitrogen and oxygen atoms in total. The first-order valence-corrected chi connectivity index (χ1v) is 21.8. The second-order valence-corrected chi connectivity index (χ2v) is 18.2. The number of nitrogens with two attached hydrogens (primary N) is 1. The third-order valence-electron chi connectivity index (χ3n) is 11.5. The number of esters is 1. The summed E-state index contributed by atoms with van der Waals surface area (Å²) in [6, 6.07) is 23.0. The molecule has 4 heterocycles. The van der Waals surface area contributed by atoms with Crippen LogP contribution in [0, 0.1) is 11.8 Å². The van der Waals surface area contributed by atoms with Crippen LogP contribution in [0.5, 0.6) is 23.0 Å². The molecule has 2 unspecified atom stereocenters. The quantitative estimate of drug-likeness (QED) is 0.0856. The second-order valence-electron chi connectivity index (χ2n) is 18.2. The second kappa shape index (κ2) is 19.2. The van der Waals surface area contributed by atoms with E-state index in [1.165, 1.54) is 0 Å². The van der Waals surface area contributed by atoms with Gasteiger partial charge in [-0.15, -0.1) is 0 Å². The first kappa shape index (κ1) is 45.7. The summed E-state index contributed by atoms with van der Waals surface area (Å²) in [6.07, 6.45) is 5.24. The van der Waals surface area contributed by atoms with Gasteiger partial charge in [-0.05, 0) is 93.3 Å². The number of pyridine rings is 2. The fraction of sp³-hybridized carbons (Fsp3) is 0.521. The fourth-order valence-corrected chi connectivity index (χ4v) is 7.51. The number of alkyl halides is 4. The Labute approximate surface area is 367 Å². The van der Waals surface area contributed by atoms with Crippen LogP contribution in [-0.4, -0.2) is 85.0 Å². The zero-order chi connectivity index (χ0) is 44.9. The maximum absolute atomic E-state index is 13.0. The smallest absolute Gasteiger partial charge is 0.306 e. The molecular weight excluding hydrogens is 819 g/mol. The Bertz CT molecular complexity index is 2100. The Morgan fingerprint density at radius 2 is 1.11 bits per heavy atom. The molecule has 0 amide bonds. The van der Waals surface area contributed by atoms with E-state index in [1.807, 2.05) is 95.3 Å². The molecule has 0 bridgehead atoms. The van der Waals surface area contributed by atoms with E-state index >= 15 is 0 Å². The number of carbonyl (C=O) groups is 1. The van der Waals surface area contributed by atoms with Gasteiger partial charge in [0.1, 0.15) is 52.4 Å². The van der Waals surface area contributed by atoms with E-state index in [0.29, 0.717) is 24.5 Å². The number of carbonyl (C=O) groups excluding carboxylic acids is 1. The van der Waals surface area contributed by atoms with Crippen molar-refractivity contribution >= 4 is 17.6 Å². The predicted molar refractivity (Wildman–Crippen MR) is 232 cm³/mol. The van der Waals surface area contributed by atoms with Gasteiger partial charge in [-0.3, -0.25) is 4.79 Å². The number of benzene rings is 2. The van der Waals surface area contributed by atoms with Crippen LogP contribution in [0.4, 0.5) is 29.2 Å². The number of aromatic nitrogens is 2. The molecule has 2 aliphatic carbocycles. The number of nitrogens with zero attached hydrogens (tertiary/aromatic N) is 4. The Balaban J connectivity index is 0.000000193. The Kier molecular flexibility index (Phi) is 13.9. The third-order valence-corrected chi connectivity index (χ3v) is 11.5. The molecule has 2 saturated heterocycles. The average Bonchev–Trinajstić information content (AvgIpc) is 3.78. The number of hydrogen-bond donors (Lipinski definition) is 1. The van der Waals surface area contributed by atoms with Crippen molar-refractivity contribution in [1.29, 1.82) is 0 Å². The molecule has 6 atom stereocenters. The van der Waals surface area contributed by atoms with Crippen molar-refractivity contribution in [2.45, 2.75) is 108 Å². The van der Waals surface area contributed by atoms with Crippen molar-refractivity contribution in [2.75, 3.05) is 49.2 Å². The zero-order valence-corrected chi connectivity index (χ0v) is 36.7. The number of anilines is 2. The predicted octanol–water partition coefficient (Wildman–Crippen LogP) is 9.40. The molecule has 4 aromatic rings. The summed E-state index contributed by atoms with van der Waals surface area (Å²) >= 11 is 0. The topological polar surface area (TPSA) is 122 Å². The number of hydrogen-bond acceptors (Lipinski definition) is 11. The minimum atomic E-state index is -2.57. The molecule has 340 valence electrons. The minimum absolute atomic E-state index is 0.00909. The Morgan fingerprint density at radius 1 is 0.698 bits per heavy atom. The standard InChI is InChI=1S/C27H34F2N2O4.C21H25F2N3O2/c1-18(13-25(32)35-26(2,3)4)19-5-7-21(8-6-19)34-23-11-12-31(16-23)24-10-9-22(15-30-24)33-17-20-14-27(20,28)29;1-14(24)15-2-4-17(5-3-15)28-19-8-9-26(12-19)20-7-6-18(11-25-20)27-13-16-10-21(16,22)23/h5-10,15,18,20,23H,11-14,16-17H2,1-4H3;2-7,11,14,16,19H,8-10,12-13,24H2,1H3/t18-,20?,23-;14-,16?,19+/m10/s1. The largest absolute Gasteiger partial charge is 0.491 e. The molecule has 15 heteroatoms. The highest BCUT2D eigenvalue weighted by Crippen LogP contribution is 2.49. The molecular formula is C48H59F4N5O6. The van der Waals surface area contributed by atoms with Crippen molar-refractivity contribution in [3.8, 4) is 23.0 Å². The maximum Gasteiger partial charge on any atom is 0.306 e. The fourth-order valence-electron chi connectivity index (χ4n) is 7.51. The lowest BCUT2D eigenvalue weighted by Gasteiger charge is -2.21. The summed E-state index contributed by atoms with van der Waals surface area (Å²) in [5.74, 6) is -2.31. The van der Waals surface area contributed by atoms with Crippen LogP contribution in [0.15, 0.2) is 85.2 Å². The van der Waals surface area contributed by atoms with E-state index in [0.717, 1.165) is 66.7 Å². The third kappa shape index (κ3) is 13.1. The van der Waals surface area contributed by atoms with E-state index < -0.39 is 29.3 Å². The van der Waals surface area contributed by atoms with Crippen molar-refractivity contribution in [1.82, 2.24) is 9.97 Å². The normalized spacial score (nSPS) is 22.9. The van der Waals surface area contributed by atoms with Gasteiger partial charge in [0, 0.05) is 44.8 Å². The highest BCUT2D eigenvalue weighted by molar-refractivity contribution is 5.71. The van der Waals surface area contributed by atoms with Crippen molar-refractivity contribution < 1.29 is 46.0 Å². The Hall–Kier alpha value is -5.31. The van der Waals surface area contributed by atoms with E-state index in [-0.39, 0.29) is 56.2 Å². The number of halogens is 4. The average molecular weight is 878 g/mol. The van der Waals surface area contributed by atoms with Crippen LogP contribution in [0.2, 0.25) is 0 Å². The maximum atomic E-state index is 13.0. The zero-order valence-electron chi connectivity index (χ0n) is 36.7.